The Morgan fingerprint density at radius 1 is 1.00 bits per heavy atom. The van der Waals surface area contributed by atoms with E-state index in [4.69, 9.17) is 27.9 Å². The van der Waals surface area contributed by atoms with Gasteiger partial charge in [0.15, 0.2) is 0 Å². The Morgan fingerprint density at radius 2 is 1.71 bits per heavy atom. The van der Waals surface area contributed by atoms with Gasteiger partial charge in [-0.15, -0.1) is 0 Å². The highest BCUT2D eigenvalue weighted by atomic mass is 35.5. The number of piperazine rings is 1. The second-order valence-corrected chi connectivity index (χ2v) is 10.0. The van der Waals surface area contributed by atoms with Crippen LogP contribution in [0.15, 0.2) is 42.5 Å². The molecule has 1 saturated carbocycles. The Labute approximate surface area is 212 Å². The maximum atomic E-state index is 12.3. The van der Waals surface area contributed by atoms with Crippen molar-refractivity contribution in [2.24, 2.45) is 5.92 Å². The minimum Gasteiger partial charge on any atom is -0.497 e. The molecule has 34 heavy (non-hydrogen) atoms. The fraction of sp³-hybridized carbons (Fsp3) is 0.500. The van der Waals surface area contributed by atoms with Gasteiger partial charge < -0.3 is 20.3 Å². The molecule has 0 aromatic heterocycles. The first-order valence-electron chi connectivity index (χ1n) is 12.1. The zero-order valence-electron chi connectivity index (χ0n) is 19.7. The van der Waals surface area contributed by atoms with Crippen LogP contribution in [0.3, 0.4) is 0 Å². The molecule has 0 spiro atoms. The van der Waals surface area contributed by atoms with E-state index in [9.17, 15) is 4.79 Å². The highest BCUT2D eigenvalue weighted by Crippen LogP contribution is 2.33. The Morgan fingerprint density at radius 3 is 2.38 bits per heavy atom. The predicted molar refractivity (Wildman–Crippen MR) is 141 cm³/mol. The van der Waals surface area contributed by atoms with Crippen molar-refractivity contribution in [2.45, 2.75) is 38.1 Å². The number of anilines is 2. The minimum absolute atomic E-state index is 0.133. The number of carbonyl (C=O) groups is 1. The summed E-state index contributed by atoms with van der Waals surface area (Å²) in [5.74, 6) is 1.51. The quantitative estimate of drug-likeness (QED) is 0.493. The summed E-state index contributed by atoms with van der Waals surface area (Å²) in [4.78, 5) is 17.2. The van der Waals surface area contributed by atoms with Crippen molar-refractivity contribution in [1.29, 1.82) is 0 Å². The lowest BCUT2D eigenvalue weighted by molar-refractivity contribution is 0.208. The average molecular weight is 505 g/mol. The van der Waals surface area contributed by atoms with Crippen molar-refractivity contribution in [1.82, 2.24) is 10.2 Å². The number of ether oxygens (including phenoxy) is 1. The number of halogens is 2. The fourth-order valence-electron chi connectivity index (χ4n) is 4.94. The number of methoxy groups -OCH3 is 1. The third-order valence-corrected chi connectivity index (χ3v) is 7.84. The summed E-state index contributed by atoms with van der Waals surface area (Å²) >= 11 is 12.6. The van der Waals surface area contributed by atoms with E-state index in [-0.39, 0.29) is 12.1 Å². The molecule has 1 heterocycles. The first-order chi connectivity index (χ1) is 16.5. The van der Waals surface area contributed by atoms with Gasteiger partial charge in [0.2, 0.25) is 0 Å². The number of hydrogen-bond acceptors (Lipinski definition) is 4. The molecule has 1 aliphatic heterocycles. The summed E-state index contributed by atoms with van der Waals surface area (Å²) in [6.07, 6.45) is 5.66. The van der Waals surface area contributed by atoms with Crippen molar-refractivity contribution < 1.29 is 9.53 Å². The highest BCUT2D eigenvalue weighted by Gasteiger charge is 2.24. The van der Waals surface area contributed by atoms with Crippen LogP contribution in [0, 0.1) is 5.92 Å². The average Bonchev–Trinajstić information content (AvgIpc) is 2.86. The summed E-state index contributed by atoms with van der Waals surface area (Å²) in [6.45, 7) is 5.18. The molecule has 8 heteroatoms. The van der Waals surface area contributed by atoms with E-state index in [1.165, 1.54) is 19.3 Å². The van der Waals surface area contributed by atoms with Crippen molar-refractivity contribution >= 4 is 40.6 Å². The smallest absolute Gasteiger partial charge is 0.319 e. The van der Waals surface area contributed by atoms with Crippen molar-refractivity contribution in [3.63, 3.8) is 0 Å². The third-order valence-electron chi connectivity index (χ3n) is 7.03. The number of nitrogens with one attached hydrogen (secondary N) is 2. The van der Waals surface area contributed by atoms with Crippen molar-refractivity contribution in [3.05, 3.63) is 52.5 Å². The van der Waals surface area contributed by atoms with E-state index in [1.807, 2.05) is 42.5 Å². The van der Waals surface area contributed by atoms with Gasteiger partial charge in [-0.3, -0.25) is 4.90 Å². The summed E-state index contributed by atoms with van der Waals surface area (Å²) in [5.41, 5.74) is 1.81. The van der Waals surface area contributed by atoms with E-state index in [2.05, 4.69) is 20.4 Å². The van der Waals surface area contributed by atoms with Crippen LogP contribution in [0.2, 0.25) is 10.0 Å². The van der Waals surface area contributed by atoms with E-state index < -0.39 is 0 Å². The van der Waals surface area contributed by atoms with Crippen molar-refractivity contribution in [3.8, 4) is 5.75 Å². The zero-order valence-corrected chi connectivity index (χ0v) is 21.2. The van der Waals surface area contributed by atoms with Gasteiger partial charge in [-0.25, -0.2) is 4.79 Å². The second kappa shape index (κ2) is 12.0. The topological polar surface area (TPSA) is 56.8 Å². The first-order valence-corrected chi connectivity index (χ1v) is 12.9. The molecule has 2 aliphatic rings. The number of carbonyl (C=O) groups excluding carboxylic acids is 1. The molecule has 184 valence electrons. The standard InChI is InChI=1S/C26H34Cl2N4O2/c1-34-22-11-9-21(10-12-22)30-26(33)29-20-7-5-19(6-8-20)13-14-31-15-17-32(18-16-31)24-4-2-3-23(27)25(24)28/h2-4,9-12,19-20H,5-8,13-18H2,1H3,(H2,29,30,33). The largest absolute Gasteiger partial charge is 0.497 e. The van der Waals surface area contributed by atoms with Crippen LogP contribution in [0.25, 0.3) is 0 Å². The zero-order chi connectivity index (χ0) is 23.9. The molecule has 0 radical (unpaired) electrons. The number of hydrogen-bond donors (Lipinski definition) is 2. The van der Waals surface area contributed by atoms with Crippen LogP contribution in [0.5, 0.6) is 5.75 Å². The van der Waals surface area contributed by atoms with Gasteiger partial charge in [0.25, 0.3) is 0 Å². The van der Waals surface area contributed by atoms with E-state index in [1.54, 1.807) is 7.11 Å². The predicted octanol–water partition coefficient (Wildman–Crippen LogP) is 5.89. The molecular weight excluding hydrogens is 471 g/mol. The molecule has 0 bridgehead atoms. The molecule has 2 aromatic carbocycles. The highest BCUT2D eigenvalue weighted by molar-refractivity contribution is 6.43. The number of nitrogens with zero attached hydrogens (tertiary/aromatic N) is 2. The van der Waals surface area contributed by atoms with Crippen LogP contribution >= 0.6 is 23.2 Å². The molecule has 6 nitrogen and oxygen atoms in total. The summed E-state index contributed by atoms with van der Waals surface area (Å²) in [6, 6.07) is 13.3. The number of benzene rings is 2. The Hall–Kier alpha value is -2.15. The lowest BCUT2D eigenvalue weighted by atomic mass is 9.84. The molecule has 2 amide bonds. The lowest BCUT2D eigenvalue weighted by Crippen LogP contribution is -2.47. The normalized spacial score (nSPS) is 21.2. The summed E-state index contributed by atoms with van der Waals surface area (Å²) < 4.78 is 5.15. The first kappa shape index (κ1) is 25.0. The number of rotatable bonds is 7. The van der Waals surface area contributed by atoms with Crippen LogP contribution in [0.4, 0.5) is 16.2 Å². The van der Waals surface area contributed by atoms with Gasteiger partial charge in [-0.05, 0) is 81.0 Å². The molecule has 0 atom stereocenters. The van der Waals surface area contributed by atoms with E-state index in [0.717, 1.165) is 68.6 Å². The SMILES string of the molecule is COc1ccc(NC(=O)NC2CCC(CCN3CCN(c4cccc(Cl)c4Cl)CC3)CC2)cc1. The third kappa shape index (κ3) is 6.71. The number of urea groups is 1. The molecule has 2 N–H and O–H groups in total. The maximum Gasteiger partial charge on any atom is 0.319 e. The van der Waals surface area contributed by atoms with Crippen LogP contribution in [-0.4, -0.2) is 56.8 Å². The molecule has 4 rings (SSSR count). The maximum absolute atomic E-state index is 12.3. The van der Waals surface area contributed by atoms with Crippen LogP contribution in [0.1, 0.15) is 32.1 Å². The van der Waals surface area contributed by atoms with E-state index >= 15 is 0 Å². The second-order valence-electron chi connectivity index (χ2n) is 9.23. The van der Waals surface area contributed by atoms with Gasteiger partial charge in [0.1, 0.15) is 5.75 Å². The molecule has 1 saturated heterocycles. The van der Waals surface area contributed by atoms with Gasteiger partial charge in [0.05, 0.1) is 22.8 Å². The van der Waals surface area contributed by atoms with Crippen LogP contribution < -0.4 is 20.3 Å². The molecule has 1 aliphatic carbocycles. The van der Waals surface area contributed by atoms with E-state index in [0.29, 0.717) is 10.0 Å². The summed E-state index contributed by atoms with van der Waals surface area (Å²) in [7, 11) is 1.63. The Balaban J connectivity index is 1.12. The van der Waals surface area contributed by atoms with Crippen LogP contribution in [-0.2, 0) is 0 Å². The van der Waals surface area contributed by atoms with Gasteiger partial charge in [0, 0.05) is 37.9 Å². The summed E-state index contributed by atoms with van der Waals surface area (Å²) in [5, 5.41) is 7.31. The molecular formula is C26H34Cl2N4O2. The Bertz CT molecular complexity index is 940. The molecule has 0 unspecified atom stereocenters. The lowest BCUT2D eigenvalue weighted by Gasteiger charge is -2.37. The monoisotopic (exact) mass is 504 g/mol. The fourth-order valence-corrected chi connectivity index (χ4v) is 5.35. The molecule has 2 fully saturated rings. The molecule has 2 aromatic rings. The van der Waals surface area contributed by atoms with Crippen molar-refractivity contribution in [2.75, 3.05) is 50.1 Å². The Kier molecular flexibility index (Phi) is 8.81. The van der Waals surface area contributed by atoms with Gasteiger partial charge >= 0.3 is 6.03 Å². The van der Waals surface area contributed by atoms with Gasteiger partial charge in [-0.2, -0.15) is 0 Å². The van der Waals surface area contributed by atoms with Gasteiger partial charge in [-0.1, -0.05) is 29.3 Å². The minimum atomic E-state index is -0.133. The number of amides is 2.